The molecule has 0 aromatic carbocycles. The Labute approximate surface area is 88.3 Å². The highest BCUT2D eigenvalue weighted by Crippen LogP contribution is 2.66. The molecule has 1 heteroatoms. The van der Waals surface area contributed by atoms with Gasteiger partial charge >= 0.3 is 0 Å². The highest BCUT2D eigenvalue weighted by atomic mass is 16.1. The summed E-state index contributed by atoms with van der Waals surface area (Å²) in [6.45, 7) is 8.48. The predicted octanol–water partition coefficient (Wildman–Crippen LogP) is 3.82. The summed E-state index contributed by atoms with van der Waals surface area (Å²) in [6.07, 6.45) is 6.14. The summed E-state index contributed by atoms with van der Waals surface area (Å²) in [7, 11) is 0. The molecule has 0 amide bonds. The van der Waals surface area contributed by atoms with Crippen LogP contribution in [0.5, 0.6) is 0 Å². The third kappa shape index (κ3) is 1.74. The van der Waals surface area contributed by atoms with Crippen molar-refractivity contribution in [3.05, 3.63) is 0 Å². The van der Waals surface area contributed by atoms with Crippen molar-refractivity contribution in [2.24, 2.45) is 17.3 Å². The van der Waals surface area contributed by atoms with Crippen LogP contribution in [0.25, 0.3) is 0 Å². The molecule has 0 spiro atoms. The lowest BCUT2D eigenvalue weighted by Gasteiger charge is -2.15. The van der Waals surface area contributed by atoms with Crippen molar-refractivity contribution in [3.63, 3.8) is 0 Å². The molecule has 1 fully saturated rings. The van der Waals surface area contributed by atoms with Gasteiger partial charge in [0.05, 0.1) is 0 Å². The Balaban J connectivity index is 2.73. The lowest BCUT2D eigenvalue weighted by atomic mass is 9.89. The monoisotopic (exact) mass is 196 g/mol. The van der Waals surface area contributed by atoms with Gasteiger partial charge in [0, 0.05) is 5.92 Å². The summed E-state index contributed by atoms with van der Waals surface area (Å²) in [5.41, 5.74) is 0.407. The minimum Gasteiger partial charge on any atom is -0.300 e. The first-order valence-electron chi connectivity index (χ1n) is 6.14. The molecular formula is C13H24O. The van der Waals surface area contributed by atoms with E-state index in [0.29, 0.717) is 23.0 Å². The van der Waals surface area contributed by atoms with Crippen LogP contribution in [0.15, 0.2) is 0 Å². The zero-order valence-electron chi connectivity index (χ0n) is 10.1. The van der Waals surface area contributed by atoms with Gasteiger partial charge in [-0.1, -0.05) is 40.0 Å². The van der Waals surface area contributed by atoms with Crippen LogP contribution in [0.1, 0.15) is 59.8 Å². The van der Waals surface area contributed by atoms with Crippen molar-refractivity contribution in [1.82, 2.24) is 0 Å². The molecule has 0 radical (unpaired) electrons. The Bertz CT molecular complexity index is 201. The number of carbonyl (C=O) groups is 1. The van der Waals surface area contributed by atoms with E-state index in [1.54, 1.807) is 6.92 Å². The van der Waals surface area contributed by atoms with Gasteiger partial charge in [0.15, 0.2) is 0 Å². The third-order valence-corrected chi connectivity index (χ3v) is 3.96. The molecule has 1 saturated carbocycles. The van der Waals surface area contributed by atoms with Crippen LogP contribution >= 0.6 is 0 Å². The molecule has 1 rings (SSSR count). The first-order valence-corrected chi connectivity index (χ1v) is 6.14. The Morgan fingerprint density at radius 2 is 1.64 bits per heavy atom. The molecule has 82 valence electrons. The molecular weight excluding hydrogens is 172 g/mol. The maximum absolute atomic E-state index is 11.5. The van der Waals surface area contributed by atoms with Crippen molar-refractivity contribution in [2.45, 2.75) is 59.8 Å². The fraction of sp³-hybridized carbons (Fsp3) is 0.923. The van der Waals surface area contributed by atoms with Gasteiger partial charge < -0.3 is 0 Å². The summed E-state index contributed by atoms with van der Waals surface area (Å²) in [6, 6.07) is 0. The van der Waals surface area contributed by atoms with Crippen LogP contribution < -0.4 is 0 Å². The summed E-state index contributed by atoms with van der Waals surface area (Å²) >= 11 is 0. The second-order valence-corrected chi connectivity index (χ2v) is 4.84. The first kappa shape index (κ1) is 11.7. The molecule has 0 heterocycles. The Morgan fingerprint density at radius 1 is 1.14 bits per heavy atom. The van der Waals surface area contributed by atoms with Crippen LogP contribution in [-0.2, 0) is 4.79 Å². The van der Waals surface area contributed by atoms with Gasteiger partial charge in [-0.25, -0.2) is 0 Å². The van der Waals surface area contributed by atoms with Crippen LogP contribution in [-0.4, -0.2) is 5.78 Å². The molecule has 0 N–H and O–H groups in total. The van der Waals surface area contributed by atoms with E-state index in [9.17, 15) is 4.79 Å². The number of ketones is 1. The van der Waals surface area contributed by atoms with Crippen LogP contribution in [0.4, 0.5) is 0 Å². The van der Waals surface area contributed by atoms with Crippen molar-refractivity contribution < 1.29 is 4.79 Å². The fourth-order valence-corrected chi connectivity index (χ4v) is 3.65. The Kier molecular flexibility index (Phi) is 3.74. The minimum atomic E-state index is 0.396. The van der Waals surface area contributed by atoms with Crippen LogP contribution in [0.3, 0.4) is 0 Å². The van der Waals surface area contributed by atoms with Crippen molar-refractivity contribution in [1.29, 1.82) is 0 Å². The second kappa shape index (κ2) is 4.46. The Hall–Kier alpha value is -0.330. The van der Waals surface area contributed by atoms with E-state index < -0.39 is 0 Å². The molecule has 2 atom stereocenters. The van der Waals surface area contributed by atoms with Gasteiger partial charge in [0.2, 0.25) is 0 Å². The standard InChI is InChI=1S/C13H24O/c1-5-8-13(9-6-2)11(7-3)12(13)10(4)14/h11-12H,5-9H2,1-4H3. The van der Waals surface area contributed by atoms with Gasteiger partial charge in [-0.05, 0) is 31.1 Å². The molecule has 0 aromatic heterocycles. The molecule has 0 saturated heterocycles. The average molecular weight is 196 g/mol. The highest BCUT2D eigenvalue weighted by Gasteiger charge is 2.63. The molecule has 1 aliphatic carbocycles. The molecule has 14 heavy (non-hydrogen) atoms. The van der Waals surface area contributed by atoms with Gasteiger partial charge in [-0.3, -0.25) is 4.79 Å². The van der Waals surface area contributed by atoms with Gasteiger partial charge in [0.25, 0.3) is 0 Å². The zero-order valence-corrected chi connectivity index (χ0v) is 10.1. The molecule has 0 aromatic rings. The van der Waals surface area contributed by atoms with E-state index in [1.807, 2.05) is 0 Å². The SMILES string of the molecule is CCCC1(CCC)C(CC)C1C(C)=O. The third-order valence-electron chi connectivity index (χ3n) is 3.96. The van der Waals surface area contributed by atoms with E-state index in [2.05, 4.69) is 20.8 Å². The van der Waals surface area contributed by atoms with Crippen LogP contribution in [0.2, 0.25) is 0 Å². The summed E-state index contributed by atoms with van der Waals surface area (Å²) < 4.78 is 0. The lowest BCUT2D eigenvalue weighted by molar-refractivity contribution is -0.119. The average Bonchev–Trinajstić information content (AvgIpc) is 2.74. The van der Waals surface area contributed by atoms with Crippen LogP contribution in [0, 0.1) is 17.3 Å². The lowest BCUT2D eigenvalue weighted by Crippen LogP contribution is -2.08. The largest absolute Gasteiger partial charge is 0.300 e. The summed E-state index contributed by atoms with van der Waals surface area (Å²) in [5.74, 6) is 1.52. The predicted molar refractivity (Wildman–Crippen MR) is 60.2 cm³/mol. The van der Waals surface area contributed by atoms with Gasteiger partial charge in [-0.15, -0.1) is 0 Å². The van der Waals surface area contributed by atoms with E-state index >= 15 is 0 Å². The summed E-state index contributed by atoms with van der Waals surface area (Å²) in [5, 5.41) is 0. The van der Waals surface area contributed by atoms with E-state index in [0.717, 1.165) is 0 Å². The number of hydrogen-bond acceptors (Lipinski definition) is 1. The molecule has 0 aliphatic heterocycles. The fourth-order valence-electron chi connectivity index (χ4n) is 3.65. The Morgan fingerprint density at radius 3 is 1.86 bits per heavy atom. The molecule has 0 bridgehead atoms. The summed E-state index contributed by atoms with van der Waals surface area (Å²) in [4.78, 5) is 11.5. The quantitative estimate of drug-likeness (QED) is 0.631. The molecule has 1 nitrogen and oxygen atoms in total. The maximum Gasteiger partial charge on any atom is 0.133 e. The smallest absolute Gasteiger partial charge is 0.133 e. The van der Waals surface area contributed by atoms with Gasteiger partial charge in [-0.2, -0.15) is 0 Å². The zero-order chi connectivity index (χ0) is 10.8. The van der Waals surface area contributed by atoms with Crippen molar-refractivity contribution in [3.8, 4) is 0 Å². The minimum absolute atomic E-state index is 0.396. The van der Waals surface area contributed by atoms with E-state index in [-0.39, 0.29) is 0 Å². The van der Waals surface area contributed by atoms with Crippen molar-refractivity contribution >= 4 is 5.78 Å². The number of carbonyl (C=O) groups excluding carboxylic acids is 1. The number of rotatable bonds is 6. The van der Waals surface area contributed by atoms with E-state index in [1.165, 1.54) is 32.1 Å². The second-order valence-electron chi connectivity index (χ2n) is 4.84. The normalized spacial score (nSPS) is 28.9. The highest BCUT2D eigenvalue weighted by molar-refractivity contribution is 5.83. The first-order chi connectivity index (χ1) is 6.64. The topological polar surface area (TPSA) is 17.1 Å². The van der Waals surface area contributed by atoms with Crippen molar-refractivity contribution in [2.75, 3.05) is 0 Å². The molecule has 2 unspecified atom stereocenters. The molecule has 1 aliphatic rings. The number of Topliss-reactive ketones (excluding diaryl/α,β-unsaturated/α-hetero) is 1. The van der Waals surface area contributed by atoms with E-state index in [4.69, 9.17) is 0 Å². The maximum atomic E-state index is 11.5. The number of hydrogen-bond donors (Lipinski definition) is 0. The van der Waals surface area contributed by atoms with Gasteiger partial charge in [0.1, 0.15) is 5.78 Å².